The summed E-state index contributed by atoms with van der Waals surface area (Å²) in [4.78, 5) is 4.50. The first-order chi connectivity index (χ1) is 14.7. The van der Waals surface area contributed by atoms with Gasteiger partial charge in [-0.25, -0.2) is 4.98 Å². The Kier molecular flexibility index (Phi) is 4.99. The highest BCUT2D eigenvalue weighted by Gasteiger charge is 2.31. The fraction of sp³-hybridized carbons (Fsp3) is 0.182. The van der Waals surface area contributed by atoms with Crippen LogP contribution in [0.2, 0.25) is 0 Å². The summed E-state index contributed by atoms with van der Waals surface area (Å²) in [5.74, 6) is 1.61. The maximum atomic E-state index is 10.7. The minimum atomic E-state index is -0.00265. The number of para-hydroxylation sites is 2. The summed E-state index contributed by atoms with van der Waals surface area (Å²) in [5.41, 5.74) is 2.03. The molecule has 2 aromatic heterocycles. The summed E-state index contributed by atoms with van der Waals surface area (Å²) in [7, 11) is 0. The average Bonchev–Trinajstić information content (AvgIpc) is 3.39. The van der Waals surface area contributed by atoms with Gasteiger partial charge in [-0.3, -0.25) is 4.57 Å². The van der Waals surface area contributed by atoms with Gasteiger partial charge in [-0.2, -0.15) is 5.26 Å². The van der Waals surface area contributed by atoms with Gasteiger partial charge in [0.2, 0.25) is 0 Å². The van der Waals surface area contributed by atoms with Crippen molar-refractivity contribution in [1.29, 1.82) is 5.26 Å². The van der Waals surface area contributed by atoms with E-state index in [1.54, 1.807) is 0 Å². The van der Waals surface area contributed by atoms with Crippen molar-refractivity contribution in [2.75, 3.05) is 5.75 Å². The molecule has 148 valence electrons. The third kappa shape index (κ3) is 3.58. The van der Waals surface area contributed by atoms with Gasteiger partial charge in [0.15, 0.2) is 5.16 Å². The van der Waals surface area contributed by atoms with Crippen LogP contribution in [0.1, 0.15) is 29.6 Å². The van der Waals surface area contributed by atoms with E-state index in [1.165, 1.54) is 23.1 Å². The van der Waals surface area contributed by atoms with Crippen molar-refractivity contribution in [3.05, 3.63) is 71.2 Å². The molecule has 1 aliphatic carbocycles. The predicted octanol–water partition coefficient (Wildman–Crippen LogP) is 5.34. The number of hydrogen-bond acceptors (Lipinski definition) is 7. The van der Waals surface area contributed by atoms with Crippen molar-refractivity contribution in [2.24, 2.45) is 0 Å². The van der Waals surface area contributed by atoms with Crippen molar-refractivity contribution in [3.63, 3.8) is 0 Å². The first-order valence-electron chi connectivity index (χ1n) is 9.56. The van der Waals surface area contributed by atoms with Gasteiger partial charge in [-0.15, -0.1) is 21.5 Å². The molecule has 1 fully saturated rings. The fourth-order valence-corrected chi connectivity index (χ4v) is 5.04. The molecule has 1 saturated carbocycles. The summed E-state index contributed by atoms with van der Waals surface area (Å²) in [5, 5.41) is 30.3. The first-order valence-corrected chi connectivity index (χ1v) is 11.4. The Hall–Kier alpha value is -3.15. The van der Waals surface area contributed by atoms with Crippen molar-refractivity contribution in [1.82, 2.24) is 19.7 Å². The molecule has 2 aromatic carbocycles. The third-order valence-electron chi connectivity index (χ3n) is 4.86. The van der Waals surface area contributed by atoms with Crippen LogP contribution >= 0.6 is 23.1 Å². The molecule has 0 saturated heterocycles. The number of nitrogens with zero attached hydrogens (tertiary/aromatic N) is 5. The molecule has 0 atom stereocenters. The van der Waals surface area contributed by atoms with Crippen molar-refractivity contribution in [3.8, 4) is 11.8 Å². The van der Waals surface area contributed by atoms with E-state index in [1.807, 2.05) is 54.6 Å². The molecule has 2 heterocycles. The molecule has 0 spiro atoms. The van der Waals surface area contributed by atoms with E-state index in [0.717, 1.165) is 34.6 Å². The van der Waals surface area contributed by atoms with E-state index in [4.69, 9.17) is 0 Å². The lowest BCUT2D eigenvalue weighted by molar-refractivity contribution is 0.420. The molecular weight excluding hydrogens is 414 g/mol. The third-order valence-corrected chi connectivity index (χ3v) is 6.86. The predicted molar refractivity (Wildman–Crippen MR) is 119 cm³/mol. The second-order valence-electron chi connectivity index (χ2n) is 6.99. The number of allylic oxidation sites excluding steroid dienone is 1. The normalized spacial score (nSPS) is 14.5. The lowest BCUT2D eigenvalue weighted by atomic mass is 10.2. The maximum absolute atomic E-state index is 10.7. The van der Waals surface area contributed by atoms with Crippen molar-refractivity contribution in [2.45, 2.75) is 23.9 Å². The molecule has 30 heavy (non-hydrogen) atoms. The Morgan fingerprint density at radius 1 is 1.13 bits per heavy atom. The number of hydrogen-bond donors (Lipinski definition) is 1. The van der Waals surface area contributed by atoms with Crippen LogP contribution in [0.4, 0.5) is 0 Å². The zero-order valence-electron chi connectivity index (χ0n) is 15.9. The number of aromatic nitrogens is 4. The monoisotopic (exact) mass is 431 g/mol. The Bertz CT molecular complexity index is 1250. The number of aliphatic hydroxyl groups excluding tert-OH is 1. The standard InChI is InChI=1S/C22H17N5OS2/c23-12-16(21-24-17-8-4-5-9-19(17)30-21)18(28)13-29-22-26-25-20(14-10-11-14)27(22)15-6-2-1-3-7-15/h1-9,14,28H,10-11,13H2/b18-16-. The minimum absolute atomic E-state index is 0.00265. The molecule has 0 aliphatic heterocycles. The van der Waals surface area contributed by atoms with Gasteiger partial charge in [0.05, 0.1) is 16.0 Å². The van der Waals surface area contributed by atoms with E-state index in [-0.39, 0.29) is 17.1 Å². The van der Waals surface area contributed by atoms with Gasteiger partial charge in [0.1, 0.15) is 28.2 Å². The van der Waals surface area contributed by atoms with Crippen LogP contribution in [0, 0.1) is 11.3 Å². The van der Waals surface area contributed by atoms with Crippen LogP contribution in [0.3, 0.4) is 0 Å². The van der Waals surface area contributed by atoms with E-state index in [0.29, 0.717) is 16.1 Å². The van der Waals surface area contributed by atoms with Crippen LogP contribution in [-0.2, 0) is 0 Å². The van der Waals surface area contributed by atoms with E-state index in [9.17, 15) is 10.4 Å². The molecule has 1 aliphatic rings. The summed E-state index contributed by atoms with van der Waals surface area (Å²) in [6.45, 7) is 0. The molecule has 1 N–H and O–H groups in total. The highest BCUT2D eigenvalue weighted by molar-refractivity contribution is 7.99. The molecule has 0 radical (unpaired) electrons. The van der Waals surface area contributed by atoms with Gasteiger partial charge in [0.25, 0.3) is 0 Å². The van der Waals surface area contributed by atoms with Crippen molar-refractivity contribution < 1.29 is 5.11 Å². The molecule has 5 rings (SSSR count). The summed E-state index contributed by atoms with van der Waals surface area (Å²) in [6.07, 6.45) is 2.24. The SMILES string of the molecule is N#C/C(=C(/O)CSc1nnc(C2CC2)n1-c1ccccc1)c1nc2ccccc2s1. The molecule has 6 nitrogen and oxygen atoms in total. The van der Waals surface area contributed by atoms with Crippen LogP contribution in [0.25, 0.3) is 21.5 Å². The van der Waals surface area contributed by atoms with Gasteiger partial charge in [-0.05, 0) is 37.1 Å². The van der Waals surface area contributed by atoms with E-state index >= 15 is 0 Å². The van der Waals surface area contributed by atoms with Crippen LogP contribution in [0.15, 0.2) is 65.5 Å². The van der Waals surface area contributed by atoms with Crippen LogP contribution in [-0.4, -0.2) is 30.6 Å². The Morgan fingerprint density at radius 3 is 2.63 bits per heavy atom. The Labute approximate surface area is 181 Å². The smallest absolute Gasteiger partial charge is 0.196 e. The average molecular weight is 432 g/mol. The molecule has 0 bridgehead atoms. The number of rotatable bonds is 6. The maximum Gasteiger partial charge on any atom is 0.196 e. The van der Waals surface area contributed by atoms with Gasteiger partial charge in [0, 0.05) is 11.6 Å². The van der Waals surface area contributed by atoms with Gasteiger partial charge in [-0.1, -0.05) is 42.1 Å². The number of thioether (sulfide) groups is 1. The molecule has 0 amide bonds. The highest BCUT2D eigenvalue weighted by atomic mass is 32.2. The second-order valence-corrected chi connectivity index (χ2v) is 8.97. The number of nitriles is 1. The summed E-state index contributed by atoms with van der Waals surface area (Å²) in [6, 6.07) is 19.8. The Morgan fingerprint density at radius 2 is 1.90 bits per heavy atom. The topological polar surface area (TPSA) is 87.6 Å². The second kappa shape index (κ2) is 7.94. The zero-order valence-corrected chi connectivity index (χ0v) is 17.5. The number of aliphatic hydroxyl groups is 1. The fourth-order valence-electron chi connectivity index (χ4n) is 3.22. The quantitative estimate of drug-likeness (QED) is 0.252. The molecule has 0 unspecified atom stereocenters. The highest BCUT2D eigenvalue weighted by Crippen LogP contribution is 2.41. The van der Waals surface area contributed by atoms with Crippen LogP contribution < -0.4 is 0 Å². The minimum Gasteiger partial charge on any atom is -0.510 e. The molecule has 4 aromatic rings. The van der Waals surface area contributed by atoms with E-state index < -0.39 is 0 Å². The summed E-state index contributed by atoms with van der Waals surface area (Å²) >= 11 is 2.77. The first kappa shape index (κ1) is 18.9. The zero-order chi connectivity index (χ0) is 20.5. The summed E-state index contributed by atoms with van der Waals surface area (Å²) < 4.78 is 3.04. The van der Waals surface area contributed by atoms with Gasteiger partial charge < -0.3 is 5.11 Å². The number of fused-ring (bicyclic) bond motifs is 1. The molecule has 8 heteroatoms. The number of thiazole rings is 1. The van der Waals surface area contributed by atoms with E-state index in [2.05, 4.69) is 25.8 Å². The van der Waals surface area contributed by atoms with Crippen LogP contribution in [0.5, 0.6) is 0 Å². The molecular formula is C22H17N5OS2. The van der Waals surface area contributed by atoms with Crippen molar-refractivity contribution >= 4 is 38.9 Å². The van der Waals surface area contributed by atoms with Gasteiger partial charge >= 0.3 is 0 Å². The Balaban J connectivity index is 1.44. The lowest BCUT2D eigenvalue weighted by Gasteiger charge is -2.09. The largest absolute Gasteiger partial charge is 0.510 e. The number of benzene rings is 2. The lowest BCUT2D eigenvalue weighted by Crippen LogP contribution is -2.02.